The first-order chi connectivity index (χ1) is 12.1. The maximum Gasteiger partial charge on any atom is 0.269 e. The molecule has 1 atom stereocenters. The van der Waals surface area contributed by atoms with E-state index in [1.165, 1.54) is 18.3 Å². The number of nitro groups is 1. The molecule has 0 fully saturated rings. The van der Waals surface area contributed by atoms with Crippen molar-refractivity contribution in [2.45, 2.75) is 13.0 Å². The molecule has 0 bridgehead atoms. The van der Waals surface area contributed by atoms with Crippen molar-refractivity contribution in [2.75, 3.05) is 0 Å². The van der Waals surface area contributed by atoms with E-state index in [1.54, 1.807) is 12.1 Å². The van der Waals surface area contributed by atoms with Gasteiger partial charge in [0.2, 0.25) is 0 Å². The maximum absolute atomic E-state index is 12.6. The molecule has 0 saturated heterocycles. The third-order valence-electron chi connectivity index (χ3n) is 3.90. The molecule has 0 spiro atoms. The van der Waals surface area contributed by atoms with Gasteiger partial charge in [-0.05, 0) is 24.6 Å². The Morgan fingerprint density at radius 3 is 2.48 bits per heavy atom. The van der Waals surface area contributed by atoms with E-state index in [1.807, 2.05) is 37.3 Å². The summed E-state index contributed by atoms with van der Waals surface area (Å²) in [6.07, 6.45) is 1.45. The molecule has 1 heterocycles. The second kappa shape index (κ2) is 6.96. The average Bonchev–Trinajstić information content (AvgIpc) is 3.12. The maximum atomic E-state index is 12.6. The minimum Gasteiger partial charge on any atom is -0.345 e. The van der Waals surface area contributed by atoms with Gasteiger partial charge >= 0.3 is 0 Å². The zero-order valence-corrected chi connectivity index (χ0v) is 13.5. The van der Waals surface area contributed by atoms with Crippen LogP contribution in [0.1, 0.15) is 28.9 Å². The molecule has 3 rings (SSSR count). The van der Waals surface area contributed by atoms with E-state index >= 15 is 0 Å². The molecule has 0 aliphatic heterocycles. The van der Waals surface area contributed by atoms with Gasteiger partial charge in [-0.15, -0.1) is 0 Å². The van der Waals surface area contributed by atoms with Gasteiger partial charge < -0.3 is 5.32 Å². The van der Waals surface area contributed by atoms with Crippen LogP contribution in [0.5, 0.6) is 0 Å². The number of aromatic amines is 1. The molecular formula is C18H16N4O3. The van der Waals surface area contributed by atoms with Crippen LogP contribution in [-0.2, 0) is 0 Å². The Labute approximate surface area is 143 Å². The Balaban J connectivity index is 1.81. The molecule has 7 heteroatoms. The van der Waals surface area contributed by atoms with Gasteiger partial charge in [-0.3, -0.25) is 20.0 Å². The van der Waals surface area contributed by atoms with Gasteiger partial charge in [0.05, 0.1) is 28.4 Å². The van der Waals surface area contributed by atoms with Crippen LogP contribution in [0.25, 0.3) is 11.3 Å². The predicted molar refractivity (Wildman–Crippen MR) is 93.0 cm³/mol. The molecule has 0 aliphatic rings. The van der Waals surface area contributed by atoms with E-state index in [2.05, 4.69) is 15.5 Å². The standard InChI is InChI=1S/C18H16N4O3/c1-12(13-5-3-2-4-6-13)20-18(23)16-11-19-21-17(16)14-7-9-15(10-8-14)22(24)25/h2-12H,1H3,(H,19,21)(H,20,23)/t12-/m1/s1. The van der Waals surface area contributed by atoms with Crippen LogP contribution >= 0.6 is 0 Å². The van der Waals surface area contributed by atoms with Crippen LogP contribution in [-0.4, -0.2) is 21.0 Å². The molecule has 25 heavy (non-hydrogen) atoms. The van der Waals surface area contributed by atoms with E-state index in [9.17, 15) is 14.9 Å². The second-order valence-electron chi connectivity index (χ2n) is 5.57. The molecule has 0 saturated carbocycles. The Hall–Kier alpha value is -3.48. The van der Waals surface area contributed by atoms with Gasteiger partial charge in [0.15, 0.2) is 0 Å². The third kappa shape index (κ3) is 3.55. The van der Waals surface area contributed by atoms with E-state index in [0.29, 0.717) is 16.8 Å². The highest BCUT2D eigenvalue weighted by molar-refractivity contribution is 5.99. The van der Waals surface area contributed by atoms with Gasteiger partial charge in [-0.2, -0.15) is 5.10 Å². The summed E-state index contributed by atoms with van der Waals surface area (Å²) in [5.74, 6) is -0.265. The number of carbonyl (C=O) groups is 1. The van der Waals surface area contributed by atoms with Gasteiger partial charge in [0.25, 0.3) is 11.6 Å². The van der Waals surface area contributed by atoms with Crippen molar-refractivity contribution in [3.8, 4) is 11.3 Å². The second-order valence-corrected chi connectivity index (χ2v) is 5.57. The van der Waals surface area contributed by atoms with Crippen LogP contribution in [0.4, 0.5) is 5.69 Å². The number of nitrogens with zero attached hydrogens (tertiary/aromatic N) is 2. The van der Waals surface area contributed by atoms with Gasteiger partial charge in [-0.1, -0.05) is 30.3 Å². The molecule has 3 aromatic rings. The number of nitrogens with one attached hydrogen (secondary N) is 2. The van der Waals surface area contributed by atoms with Gasteiger partial charge in [0.1, 0.15) is 0 Å². The molecule has 0 unspecified atom stereocenters. The summed E-state index contributed by atoms with van der Waals surface area (Å²) in [6.45, 7) is 1.90. The monoisotopic (exact) mass is 336 g/mol. The number of amides is 1. The summed E-state index contributed by atoms with van der Waals surface area (Å²) in [4.78, 5) is 22.9. The van der Waals surface area contributed by atoms with Crippen LogP contribution in [0.3, 0.4) is 0 Å². The number of aromatic nitrogens is 2. The first-order valence-electron chi connectivity index (χ1n) is 7.70. The highest BCUT2D eigenvalue weighted by Gasteiger charge is 2.18. The van der Waals surface area contributed by atoms with Crippen molar-refractivity contribution in [3.63, 3.8) is 0 Å². The molecule has 0 aliphatic carbocycles. The molecule has 1 amide bonds. The van der Waals surface area contributed by atoms with Crippen molar-refractivity contribution >= 4 is 11.6 Å². The smallest absolute Gasteiger partial charge is 0.269 e. The minimum absolute atomic E-state index is 0.00744. The van der Waals surface area contributed by atoms with E-state index < -0.39 is 4.92 Å². The molecule has 1 aromatic heterocycles. The number of benzene rings is 2. The first-order valence-corrected chi connectivity index (χ1v) is 7.70. The number of hydrogen-bond acceptors (Lipinski definition) is 4. The number of rotatable bonds is 5. The Morgan fingerprint density at radius 1 is 1.16 bits per heavy atom. The summed E-state index contributed by atoms with van der Waals surface area (Å²) >= 11 is 0. The Bertz CT molecular complexity index is 888. The normalized spacial score (nSPS) is 11.7. The predicted octanol–water partition coefficient (Wildman–Crippen LogP) is 3.48. The topological polar surface area (TPSA) is 101 Å². The number of H-pyrrole nitrogens is 1. The van der Waals surface area contributed by atoms with Crippen molar-refractivity contribution in [1.29, 1.82) is 0 Å². The number of carbonyl (C=O) groups excluding carboxylic acids is 1. The molecular weight excluding hydrogens is 320 g/mol. The summed E-state index contributed by atoms with van der Waals surface area (Å²) in [6, 6.07) is 15.4. The van der Waals surface area contributed by atoms with E-state index in [-0.39, 0.29) is 17.6 Å². The zero-order chi connectivity index (χ0) is 17.8. The lowest BCUT2D eigenvalue weighted by Crippen LogP contribution is -2.26. The minimum atomic E-state index is -0.466. The largest absolute Gasteiger partial charge is 0.345 e. The number of hydrogen-bond donors (Lipinski definition) is 2. The third-order valence-corrected chi connectivity index (χ3v) is 3.90. The number of non-ortho nitro benzene ring substituents is 1. The fourth-order valence-electron chi connectivity index (χ4n) is 2.53. The fraction of sp³-hybridized carbons (Fsp3) is 0.111. The highest BCUT2D eigenvalue weighted by Crippen LogP contribution is 2.24. The lowest BCUT2D eigenvalue weighted by molar-refractivity contribution is -0.384. The lowest BCUT2D eigenvalue weighted by atomic mass is 10.1. The molecule has 126 valence electrons. The summed E-state index contributed by atoms with van der Waals surface area (Å²) in [5.41, 5.74) is 2.55. The molecule has 2 N–H and O–H groups in total. The van der Waals surface area contributed by atoms with Crippen molar-refractivity contribution in [3.05, 3.63) is 82.0 Å². The number of nitro benzene ring substituents is 1. The van der Waals surface area contributed by atoms with Crippen LogP contribution in [0.2, 0.25) is 0 Å². The summed E-state index contributed by atoms with van der Waals surface area (Å²) in [5, 5.41) is 20.4. The average molecular weight is 336 g/mol. The molecule has 0 radical (unpaired) electrons. The van der Waals surface area contributed by atoms with E-state index in [0.717, 1.165) is 5.56 Å². The summed E-state index contributed by atoms with van der Waals surface area (Å²) < 4.78 is 0. The van der Waals surface area contributed by atoms with Crippen LogP contribution in [0.15, 0.2) is 60.8 Å². The first kappa shape index (κ1) is 16.4. The van der Waals surface area contributed by atoms with Gasteiger partial charge in [0, 0.05) is 17.7 Å². The Morgan fingerprint density at radius 2 is 1.84 bits per heavy atom. The Kier molecular flexibility index (Phi) is 4.56. The fourth-order valence-corrected chi connectivity index (χ4v) is 2.53. The van der Waals surface area contributed by atoms with Crippen molar-refractivity contribution in [2.24, 2.45) is 0 Å². The van der Waals surface area contributed by atoms with Crippen LogP contribution < -0.4 is 5.32 Å². The lowest BCUT2D eigenvalue weighted by Gasteiger charge is -2.14. The quantitative estimate of drug-likeness (QED) is 0.550. The van der Waals surface area contributed by atoms with Crippen LogP contribution in [0, 0.1) is 10.1 Å². The van der Waals surface area contributed by atoms with Crippen molar-refractivity contribution in [1.82, 2.24) is 15.5 Å². The summed E-state index contributed by atoms with van der Waals surface area (Å²) in [7, 11) is 0. The van der Waals surface area contributed by atoms with Gasteiger partial charge in [-0.25, -0.2) is 0 Å². The molecule has 7 nitrogen and oxygen atoms in total. The zero-order valence-electron chi connectivity index (χ0n) is 13.5. The van der Waals surface area contributed by atoms with Crippen molar-refractivity contribution < 1.29 is 9.72 Å². The SMILES string of the molecule is C[C@@H](NC(=O)c1cn[nH]c1-c1ccc([N+](=O)[O-])cc1)c1ccccc1. The van der Waals surface area contributed by atoms with E-state index in [4.69, 9.17) is 0 Å². The molecule has 2 aromatic carbocycles. The highest BCUT2D eigenvalue weighted by atomic mass is 16.6.